The third-order valence-corrected chi connectivity index (χ3v) is 7.89. The number of rotatable bonds is 24. The number of phosphoric acid groups is 1. The van der Waals surface area contributed by atoms with Crippen molar-refractivity contribution >= 4 is 13.8 Å². The lowest BCUT2D eigenvalue weighted by Crippen LogP contribution is -2.58. The first kappa shape index (κ1) is 37.4. The quantitative estimate of drug-likeness (QED) is 0.0540. The second-order valence-electron chi connectivity index (χ2n) is 10.6. The molecule has 4 unspecified atom stereocenters. The molecule has 1 aliphatic heterocycles. The molecule has 0 aromatic heterocycles. The molecule has 0 aliphatic carbocycles. The molecule has 0 aromatic rings. The Hall–Kier alpha value is -0.660. The van der Waals surface area contributed by atoms with Crippen LogP contribution in [0.1, 0.15) is 110 Å². The number of phosphoric ester groups is 1. The van der Waals surface area contributed by atoms with Gasteiger partial charge in [0.1, 0.15) is 37.1 Å². The molecule has 12 nitrogen and oxygen atoms in total. The second-order valence-corrected chi connectivity index (χ2v) is 12.0. The normalized spacial score (nSPS) is 25.4. The van der Waals surface area contributed by atoms with Crippen molar-refractivity contribution in [3.8, 4) is 0 Å². The van der Waals surface area contributed by atoms with E-state index in [-0.39, 0.29) is 6.42 Å². The Morgan fingerprint density at radius 2 is 1.30 bits per heavy atom. The van der Waals surface area contributed by atoms with Crippen molar-refractivity contribution in [2.75, 3.05) is 19.8 Å². The van der Waals surface area contributed by atoms with Crippen LogP contribution in [-0.4, -0.2) is 93.0 Å². The van der Waals surface area contributed by atoms with Crippen LogP contribution in [0.4, 0.5) is 0 Å². The molecule has 1 aliphatic rings. The van der Waals surface area contributed by atoms with Crippen molar-refractivity contribution in [1.29, 1.82) is 0 Å². The Labute approximate surface area is 238 Å². The minimum absolute atomic E-state index is 0.213. The summed E-state index contributed by atoms with van der Waals surface area (Å²) in [6.45, 7) is 0.322. The topological polar surface area (TPSA) is 192 Å². The Balaban J connectivity index is 2.04. The molecule has 6 N–H and O–H groups in total. The summed E-state index contributed by atoms with van der Waals surface area (Å²) in [4.78, 5) is 21.7. The maximum absolute atomic E-state index is 12.1. The Kier molecular flexibility index (Phi) is 20.5. The zero-order valence-corrected chi connectivity index (χ0v) is 24.9. The highest BCUT2D eigenvalue weighted by molar-refractivity contribution is 7.47. The number of carbonyl (C=O) groups is 1. The van der Waals surface area contributed by atoms with Gasteiger partial charge in [-0.25, -0.2) is 4.57 Å². The van der Waals surface area contributed by atoms with Crippen molar-refractivity contribution in [3.05, 3.63) is 0 Å². The lowest BCUT2D eigenvalue weighted by atomic mass is 10.00. The lowest BCUT2D eigenvalue weighted by Gasteiger charge is -2.39. The Morgan fingerprint density at radius 3 is 1.80 bits per heavy atom. The van der Waals surface area contributed by atoms with Crippen molar-refractivity contribution in [2.45, 2.75) is 146 Å². The van der Waals surface area contributed by atoms with Gasteiger partial charge in [0.25, 0.3) is 0 Å². The van der Waals surface area contributed by atoms with Crippen LogP contribution in [0.25, 0.3) is 0 Å². The number of hydrogen-bond donors (Lipinski definition) is 6. The summed E-state index contributed by atoms with van der Waals surface area (Å²) in [6.07, 6.45) is 8.55. The first-order valence-electron chi connectivity index (χ1n) is 14.9. The van der Waals surface area contributed by atoms with Crippen LogP contribution >= 0.6 is 7.82 Å². The van der Waals surface area contributed by atoms with E-state index in [2.05, 4.69) is 16.0 Å². The smallest absolute Gasteiger partial charge is 0.463 e. The average molecular weight is 601 g/mol. The van der Waals surface area contributed by atoms with Crippen LogP contribution in [0, 0.1) is 0 Å². The van der Waals surface area contributed by atoms with Gasteiger partial charge in [0.2, 0.25) is 0 Å². The molecule has 1 rings (SSSR count). The van der Waals surface area contributed by atoms with Crippen molar-refractivity contribution < 1.29 is 58.3 Å². The second kappa shape index (κ2) is 22.0. The highest BCUT2D eigenvalue weighted by Crippen LogP contribution is 2.46. The molecule has 0 spiro atoms. The molecule has 7 atom stereocenters. The summed E-state index contributed by atoms with van der Waals surface area (Å²) >= 11 is 0. The van der Waals surface area contributed by atoms with E-state index in [0.717, 1.165) is 19.3 Å². The van der Waals surface area contributed by atoms with Crippen molar-refractivity contribution in [3.63, 3.8) is 0 Å². The predicted octanol–water partition coefficient (Wildman–Crippen LogP) is 3.09. The number of aliphatic hydroxyl groups excluding tert-OH is 5. The van der Waals surface area contributed by atoms with Gasteiger partial charge in [0, 0.05) is 6.42 Å². The van der Waals surface area contributed by atoms with E-state index in [1.54, 1.807) is 0 Å². The van der Waals surface area contributed by atoms with Gasteiger partial charge >= 0.3 is 13.8 Å². The molecule has 1 fully saturated rings. The van der Waals surface area contributed by atoms with Gasteiger partial charge in [-0.2, -0.15) is 0 Å². The molecule has 0 aromatic carbocycles. The largest absolute Gasteiger partial charge is 0.474 e. The zero-order chi connectivity index (χ0) is 29.8. The summed E-state index contributed by atoms with van der Waals surface area (Å²) in [5.74, 6) is -0.488. The summed E-state index contributed by atoms with van der Waals surface area (Å²) < 4.78 is 31.4. The SMILES string of the molecule is CCCCCCCCCCCCCCCCCC(=O)OCC(O)COP(=O)(O)O[C@@H]1OC(CO)[C@@H](O)C(O)[C@@H]1O. The van der Waals surface area contributed by atoms with Gasteiger partial charge in [0.05, 0.1) is 13.2 Å². The molecular weight excluding hydrogens is 547 g/mol. The third-order valence-electron chi connectivity index (χ3n) is 6.94. The fraction of sp³-hybridized carbons (Fsp3) is 0.963. The van der Waals surface area contributed by atoms with Gasteiger partial charge in [-0.1, -0.05) is 96.8 Å². The standard InChI is InChI=1S/C27H53O12P/c1-2-3-4-5-6-7-8-9-10-11-12-13-14-15-16-17-23(30)36-19-21(29)20-37-40(34,35)39-27-26(33)25(32)24(31)22(18-28)38-27/h21-22,24-29,31-33H,2-20H2,1H3,(H,34,35)/t21?,22?,24-,25?,26+,27+/m1/s1. The fourth-order valence-electron chi connectivity index (χ4n) is 4.45. The number of ether oxygens (including phenoxy) is 2. The van der Waals surface area contributed by atoms with E-state index in [4.69, 9.17) is 14.6 Å². The summed E-state index contributed by atoms with van der Waals surface area (Å²) in [7, 11) is -4.89. The molecule has 0 bridgehead atoms. The van der Waals surface area contributed by atoms with Crippen LogP contribution in [0.5, 0.6) is 0 Å². The number of unbranched alkanes of at least 4 members (excludes halogenated alkanes) is 14. The van der Waals surface area contributed by atoms with Crippen LogP contribution in [0.3, 0.4) is 0 Å². The van der Waals surface area contributed by atoms with E-state index in [1.165, 1.54) is 70.6 Å². The average Bonchev–Trinajstić information content (AvgIpc) is 2.93. The van der Waals surface area contributed by atoms with E-state index in [9.17, 15) is 34.7 Å². The van der Waals surface area contributed by atoms with Crippen LogP contribution in [-0.2, 0) is 27.9 Å². The minimum Gasteiger partial charge on any atom is -0.463 e. The Morgan fingerprint density at radius 1 is 0.800 bits per heavy atom. The summed E-state index contributed by atoms with van der Waals surface area (Å²) in [5.41, 5.74) is 0. The molecule has 0 radical (unpaired) electrons. The van der Waals surface area contributed by atoms with E-state index in [1.807, 2.05) is 0 Å². The molecule has 0 saturated carbocycles. The highest BCUT2D eigenvalue weighted by atomic mass is 31.2. The van der Waals surface area contributed by atoms with Gasteiger partial charge in [0.15, 0.2) is 6.29 Å². The third kappa shape index (κ3) is 16.7. The van der Waals surface area contributed by atoms with Gasteiger partial charge in [-0.05, 0) is 6.42 Å². The number of carbonyl (C=O) groups excluding carboxylic acids is 1. The molecule has 13 heteroatoms. The van der Waals surface area contributed by atoms with Gasteiger partial charge in [-0.3, -0.25) is 13.8 Å². The van der Waals surface area contributed by atoms with Crippen molar-refractivity contribution in [2.24, 2.45) is 0 Å². The van der Waals surface area contributed by atoms with Gasteiger partial charge in [-0.15, -0.1) is 0 Å². The van der Waals surface area contributed by atoms with Gasteiger partial charge < -0.3 is 39.9 Å². The van der Waals surface area contributed by atoms with E-state index < -0.39 is 70.4 Å². The van der Waals surface area contributed by atoms with Crippen LogP contribution in [0.2, 0.25) is 0 Å². The Bertz CT molecular complexity index is 694. The van der Waals surface area contributed by atoms with E-state index >= 15 is 0 Å². The predicted molar refractivity (Wildman–Crippen MR) is 147 cm³/mol. The molecule has 238 valence electrons. The first-order chi connectivity index (χ1) is 19.1. The number of esters is 1. The lowest BCUT2D eigenvalue weighted by molar-refractivity contribution is -0.281. The highest BCUT2D eigenvalue weighted by Gasteiger charge is 2.46. The summed E-state index contributed by atoms with van der Waals surface area (Å²) in [6, 6.07) is 0. The monoisotopic (exact) mass is 600 g/mol. The molecule has 40 heavy (non-hydrogen) atoms. The maximum atomic E-state index is 12.1. The summed E-state index contributed by atoms with van der Waals surface area (Å²) in [5, 5.41) is 48.4. The fourth-order valence-corrected chi connectivity index (χ4v) is 5.30. The maximum Gasteiger partial charge on any atom is 0.474 e. The number of hydrogen-bond acceptors (Lipinski definition) is 11. The molecule has 0 amide bonds. The molecule has 1 saturated heterocycles. The van der Waals surface area contributed by atoms with Crippen LogP contribution < -0.4 is 0 Å². The number of aliphatic hydroxyl groups is 5. The minimum atomic E-state index is -4.89. The first-order valence-corrected chi connectivity index (χ1v) is 16.4. The zero-order valence-electron chi connectivity index (χ0n) is 24.0. The van der Waals surface area contributed by atoms with E-state index in [0.29, 0.717) is 6.42 Å². The molecular formula is C27H53O12P. The van der Waals surface area contributed by atoms with Crippen LogP contribution in [0.15, 0.2) is 0 Å². The molecule has 1 heterocycles. The van der Waals surface area contributed by atoms with Crippen molar-refractivity contribution in [1.82, 2.24) is 0 Å².